The van der Waals surface area contributed by atoms with E-state index in [-0.39, 0.29) is 11.8 Å². The molecule has 2 aliphatic heterocycles. The summed E-state index contributed by atoms with van der Waals surface area (Å²) in [5, 5.41) is 9.35. The number of amides is 1. The Labute approximate surface area is 113 Å². The van der Waals surface area contributed by atoms with Gasteiger partial charge in [0, 0.05) is 6.54 Å². The molecule has 98 valence electrons. The van der Waals surface area contributed by atoms with Gasteiger partial charge in [-0.2, -0.15) is 5.26 Å². The number of hydrogen-bond donors (Lipinski definition) is 0. The number of anilines is 1. The van der Waals surface area contributed by atoms with Crippen LogP contribution in [-0.4, -0.2) is 12.5 Å². The Morgan fingerprint density at radius 3 is 2.74 bits per heavy atom. The van der Waals surface area contributed by atoms with E-state index >= 15 is 0 Å². The summed E-state index contributed by atoms with van der Waals surface area (Å²) in [6, 6.07) is 6.63. The number of rotatable bonds is 2. The fourth-order valence-electron chi connectivity index (χ4n) is 3.29. The van der Waals surface area contributed by atoms with Gasteiger partial charge < -0.3 is 4.90 Å². The van der Waals surface area contributed by atoms with Crippen molar-refractivity contribution in [3.8, 4) is 6.07 Å². The van der Waals surface area contributed by atoms with E-state index in [0.717, 1.165) is 36.2 Å². The van der Waals surface area contributed by atoms with Crippen molar-refractivity contribution in [2.75, 3.05) is 11.4 Å². The smallest absolute Gasteiger partial charge is 0.231 e. The summed E-state index contributed by atoms with van der Waals surface area (Å²) in [7, 11) is 0. The van der Waals surface area contributed by atoms with Gasteiger partial charge in [-0.25, -0.2) is 0 Å². The normalized spacial score (nSPS) is 18.4. The number of hydrogen-bond acceptors (Lipinski definition) is 2. The summed E-state index contributed by atoms with van der Waals surface area (Å²) in [5.41, 5.74) is 4.60. The quantitative estimate of drug-likeness (QED) is 0.814. The topological polar surface area (TPSA) is 44.1 Å². The van der Waals surface area contributed by atoms with Gasteiger partial charge in [-0.3, -0.25) is 4.79 Å². The maximum absolute atomic E-state index is 12.0. The molecule has 0 fully saturated rings. The monoisotopic (exact) mass is 254 g/mol. The first kappa shape index (κ1) is 12.2. The second kappa shape index (κ2) is 4.38. The van der Waals surface area contributed by atoms with Crippen LogP contribution in [0.4, 0.5) is 5.69 Å². The SMILES string of the molecule is CC(C)C(C#N)c1cc2c3c(c1)CC(=O)N3CCC2. The summed E-state index contributed by atoms with van der Waals surface area (Å²) in [4.78, 5) is 13.9. The molecule has 0 aromatic heterocycles. The van der Waals surface area contributed by atoms with Crippen LogP contribution in [0.3, 0.4) is 0 Å². The molecule has 0 N–H and O–H groups in total. The van der Waals surface area contributed by atoms with Gasteiger partial charge in [0.1, 0.15) is 0 Å². The van der Waals surface area contributed by atoms with Gasteiger partial charge in [-0.15, -0.1) is 0 Å². The molecule has 0 saturated heterocycles. The first-order chi connectivity index (χ1) is 9.11. The number of nitrogens with zero attached hydrogens (tertiary/aromatic N) is 2. The molecule has 2 heterocycles. The summed E-state index contributed by atoms with van der Waals surface area (Å²) >= 11 is 0. The minimum absolute atomic E-state index is 0.0763. The van der Waals surface area contributed by atoms with Gasteiger partial charge in [0.15, 0.2) is 0 Å². The predicted molar refractivity (Wildman–Crippen MR) is 74.0 cm³/mol. The van der Waals surface area contributed by atoms with Gasteiger partial charge in [-0.1, -0.05) is 26.0 Å². The van der Waals surface area contributed by atoms with E-state index in [0.29, 0.717) is 12.3 Å². The molecule has 2 aliphatic rings. The Kier molecular flexibility index (Phi) is 2.82. The largest absolute Gasteiger partial charge is 0.312 e. The minimum Gasteiger partial charge on any atom is -0.312 e. The molecule has 19 heavy (non-hydrogen) atoms. The number of carbonyl (C=O) groups is 1. The number of aryl methyl sites for hydroxylation is 1. The van der Waals surface area contributed by atoms with E-state index in [4.69, 9.17) is 0 Å². The maximum Gasteiger partial charge on any atom is 0.231 e. The molecule has 1 unspecified atom stereocenters. The summed E-state index contributed by atoms with van der Waals surface area (Å²) in [5.74, 6) is 0.436. The van der Waals surface area contributed by atoms with Crippen molar-refractivity contribution in [3.05, 3.63) is 28.8 Å². The Morgan fingerprint density at radius 2 is 2.05 bits per heavy atom. The minimum atomic E-state index is -0.0763. The van der Waals surface area contributed by atoms with E-state index in [1.165, 1.54) is 5.56 Å². The number of benzene rings is 1. The molecule has 0 saturated carbocycles. The van der Waals surface area contributed by atoms with Gasteiger partial charge in [-0.05, 0) is 35.4 Å². The van der Waals surface area contributed by atoms with Crippen molar-refractivity contribution >= 4 is 11.6 Å². The maximum atomic E-state index is 12.0. The van der Waals surface area contributed by atoms with Gasteiger partial charge in [0.05, 0.1) is 24.1 Å². The standard InChI is InChI=1S/C16H18N2O/c1-10(2)14(9-17)12-6-11-4-3-5-18-15(19)8-13(7-12)16(11)18/h6-7,10,14H,3-5,8H2,1-2H3. The molecule has 1 aromatic carbocycles. The zero-order valence-corrected chi connectivity index (χ0v) is 11.4. The van der Waals surface area contributed by atoms with Crippen LogP contribution in [0, 0.1) is 17.2 Å². The molecule has 1 amide bonds. The highest BCUT2D eigenvalue weighted by atomic mass is 16.2. The van der Waals surface area contributed by atoms with E-state index < -0.39 is 0 Å². The van der Waals surface area contributed by atoms with Crippen molar-refractivity contribution in [1.29, 1.82) is 5.26 Å². The third-order valence-electron chi connectivity index (χ3n) is 4.20. The zero-order chi connectivity index (χ0) is 13.6. The molecule has 3 nitrogen and oxygen atoms in total. The second-order valence-corrected chi connectivity index (χ2v) is 5.86. The Morgan fingerprint density at radius 1 is 1.32 bits per heavy atom. The average molecular weight is 254 g/mol. The fraction of sp³-hybridized carbons (Fsp3) is 0.500. The van der Waals surface area contributed by atoms with Gasteiger partial charge >= 0.3 is 0 Å². The van der Waals surface area contributed by atoms with Crippen LogP contribution >= 0.6 is 0 Å². The van der Waals surface area contributed by atoms with E-state index in [2.05, 4.69) is 32.0 Å². The van der Waals surface area contributed by atoms with Crippen LogP contribution in [-0.2, 0) is 17.6 Å². The van der Waals surface area contributed by atoms with Crippen LogP contribution in [0.15, 0.2) is 12.1 Å². The highest BCUT2D eigenvalue weighted by Crippen LogP contribution is 2.39. The number of nitriles is 1. The van der Waals surface area contributed by atoms with Crippen LogP contribution < -0.4 is 4.90 Å². The molecule has 3 heteroatoms. The van der Waals surface area contributed by atoms with E-state index in [9.17, 15) is 10.1 Å². The predicted octanol–water partition coefficient (Wildman–Crippen LogP) is 2.79. The lowest BCUT2D eigenvalue weighted by atomic mass is 9.86. The second-order valence-electron chi connectivity index (χ2n) is 5.86. The van der Waals surface area contributed by atoms with Crippen molar-refractivity contribution in [1.82, 2.24) is 0 Å². The first-order valence-corrected chi connectivity index (χ1v) is 6.97. The van der Waals surface area contributed by atoms with Gasteiger partial charge in [0.2, 0.25) is 5.91 Å². The molecule has 0 spiro atoms. The highest BCUT2D eigenvalue weighted by Gasteiger charge is 2.33. The number of carbonyl (C=O) groups excluding carboxylic acids is 1. The van der Waals surface area contributed by atoms with Crippen molar-refractivity contribution in [3.63, 3.8) is 0 Å². The third-order valence-corrected chi connectivity index (χ3v) is 4.20. The fourth-order valence-corrected chi connectivity index (χ4v) is 3.29. The Balaban J connectivity index is 2.11. The molecular weight excluding hydrogens is 236 g/mol. The van der Waals surface area contributed by atoms with Crippen molar-refractivity contribution < 1.29 is 4.79 Å². The molecule has 1 atom stereocenters. The molecule has 0 radical (unpaired) electrons. The van der Waals surface area contributed by atoms with Crippen molar-refractivity contribution in [2.24, 2.45) is 5.92 Å². The average Bonchev–Trinajstić information content (AvgIpc) is 2.68. The van der Waals surface area contributed by atoms with E-state index in [1.54, 1.807) is 0 Å². The zero-order valence-electron chi connectivity index (χ0n) is 11.4. The summed E-state index contributed by atoms with van der Waals surface area (Å²) in [6.07, 6.45) is 2.56. The van der Waals surface area contributed by atoms with Gasteiger partial charge in [0.25, 0.3) is 0 Å². The van der Waals surface area contributed by atoms with Crippen molar-refractivity contribution in [2.45, 2.75) is 39.0 Å². The third kappa shape index (κ3) is 1.83. The first-order valence-electron chi connectivity index (χ1n) is 6.97. The highest BCUT2D eigenvalue weighted by molar-refractivity contribution is 6.02. The lowest BCUT2D eigenvalue weighted by Crippen LogP contribution is -2.31. The molecule has 1 aromatic rings. The van der Waals surface area contributed by atoms with Crippen LogP contribution in [0.5, 0.6) is 0 Å². The Hall–Kier alpha value is -1.82. The molecule has 3 rings (SSSR count). The van der Waals surface area contributed by atoms with E-state index in [1.807, 2.05) is 4.90 Å². The Bertz CT molecular complexity index is 583. The summed E-state index contributed by atoms with van der Waals surface area (Å²) in [6.45, 7) is 5.00. The van der Waals surface area contributed by atoms with Crippen LogP contribution in [0.1, 0.15) is 42.9 Å². The molecular formula is C16H18N2O. The molecule has 0 aliphatic carbocycles. The molecule has 0 bridgehead atoms. The van der Waals surface area contributed by atoms with Crippen LogP contribution in [0.2, 0.25) is 0 Å². The summed E-state index contributed by atoms with van der Waals surface area (Å²) < 4.78 is 0. The lowest BCUT2D eigenvalue weighted by Gasteiger charge is -2.26. The lowest BCUT2D eigenvalue weighted by molar-refractivity contribution is -0.117. The van der Waals surface area contributed by atoms with Crippen LogP contribution in [0.25, 0.3) is 0 Å².